The molecule has 1 heterocycles. The Balaban J connectivity index is 2.04. The monoisotopic (exact) mass is 271 g/mol. The van der Waals surface area contributed by atoms with Gasteiger partial charge in [-0.25, -0.2) is 4.98 Å². The van der Waals surface area contributed by atoms with Crippen molar-refractivity contribution in [2.75, 3.05) is 0 Å². The first-order valence-corrected chi connectivity index (χ1v) is 6.96. The van der Waals surface area contributed by atoms with Gasteiger partial charge in [0.15, 0.2) is 0 Å². The number of nitrogens with zero attached hydrogens (tertiary/aromatic N) is 1. The second-order valence-corrected chi connectivity index (χ2v) is 5.37. The molecule has 0 amide bonds. The molecule has 1 aliphatic rings. The van der Waals surface area contributed by atoms with Gasteiger partial charge in [0.2, 0.25) is 5.89 Å². The zero-order valence-electron chi connectivity index (χ0n) is 11.2. The van der Waals surface area contributed by atoms with Crippen LogP contribution in [0.1, 0.15) is 37.7 Å². The molecule has 2 aromatic rings. The van der Waals surface area contributed by atoms with Crippen molar-refractivity contribution >= 4 is 5.97 Å². The SMILES string of the molecule is O=C(O)C1(c2cccc(-c3ncco3)c2)CCCCC1. The third kappa shape index (κ3) is 2.11. The number of benzene rings is 1. The fourth-order valence-electron chi connectivity index (χ4n) is 3.10. The highest BCUT2D eigenvalue weighted by Gasteiger charge is 2.41. The maximum Gasteiger partial charge on any atom is 0.314 e. The molecule has 0 saturated heterocycles. The first-order chi connectivity index (χ1) is 9.72. The molecule has 4 heteroatoms. The Bertz CT molecular complexity index is 598. The number of hydrogen-bond donors (Lipinski definition) is 1. The van der Waals surface area contributed by atoms with Crippen molar-refractivity contribution in [1.82, 2.24) is 4.98 Å². The normalized spacial score (nSPS) is 17.8. The second-order valence-electron chi connectivity index (χ2n) is 5.37. The van der Waals surface area contributed by atoms with Gasteiger partial charge in [-0.2, -0.15) is 0 Å². The zero-order valence-corrected chi connectivity index (χ0v) is 11.2. The second kappa shape index (κ2) is 5.12. The van der Waals surface area contributed by atoms with Crippen LogP contribution < -0.4 is 0 Å². The number of rotatable bonds is 3. The Morgan fingerprint density at radius 3 is 2.70 bits per heavy atom. The first-order valence-electron chi connectivity index (χ1n) is 6.96. The summed E-state index contributed by atoms with van der Waals surface area (Å²) in [6.07, 6.45) is 7.58. The lowest BCUT2D eigenvalue weighted by Gasteiger charge is -2.33. The van der Waals surface area contributed by atoms with E-state index in [-0.39, 0.29) is 0 Å². The van der Waals surface area contributed by atoms with Crippen LogP contribution in [-0.2, 0) is 10.2 Å². The molecule has 1 fully saturated rings. The van der Waals surface area contributed by atoms with Crippen molar-refractivity contribution in [3.63, 3.8) is 0 Å². The van der Waals surface area contributed by atoms with E-state index in [9.17, 15) is 9.90 Å². The molecular formula is C16H17NO3. The minimum atomic E-state index is -0.749. The lowest BCUT2D eigenvalue weighted by molar-refractivity contribution is -0.145. The van der Waals surface area contributed by atoms with E-state index >= 15 is 0 Å². The van der Waals surface area contributed by atoms with Crippen LogP contribution in [0.3, 0.4) is 0 Å². The van der Waals surface area contributed by atoms with E-state index in [1.54, 1.807) is 6.20 Å². The lowest BCUT2D eigenvalue weighted by atomic mass is 9.69. The zero-order chi connectivity index (χ0) is 14.0. The first kappa shape index (κ1) is 12.9. The number of aliphatic carboxylic acids is 1. The third-order valence-corrected chi connectivity index (χ3v) is 4.21. The van der Waals surface area contributed by atoms with Gasteiger partial charge in [-0.15, -0.1) is 0 Å². The number of carbonyl (C=O) groups is 1. The summed E-state index contributed by atoms with van der Waals surface area (Å²) in [6, 6.07) is 7.60. The summed E-state index contributed by atoms with van der Waals surface area (Å²) >= 11 is 0. The van der Waals surface area contributed by atoms with Crippen molar-refractivity contribution < 1.29 is 14.3 Å². The number of hydrogen-bond acceptors (Lipinski definition) is 3. The molecule has 1 aliphatic carbocycles. The van der Waals surface area contributed by atoms with Crippen LogP contribution >= 0.6 is 0 Å². The molecule has 0 radical (unpaired) electrons. The average molecular weight is 271 g/mol. The molecule has 1 aromatic carbocycles. The van der Waals surface area contributed by atoms with E-state index in [1.807, 2.05) is 24.3 Å². The predicted octanol–water partition coefficient (Wildman–Crippen LogP) is 3.63. The van der Waals surface area contributed by atoms with Crippen molar-refractivity contribution in [1.29, 1.82) is 0 Å². The number of oxazole rings is 1. The van der Waals surface area contributed by atoms with Gasteiger partial charge < -0.3 is 9.52 Å². The summed E-state index contributed by atoms with van der Waals surface area (Å²) in [5.41, 5.74) is 0.944. The average Bonchev–Trinajstić information content (AvgIpc) is 3.02. The Kier molecular flexibility index (Phi) is 3.30. The van der Waals surface area contributed by atoms with Gasteiger partial charge in [-0.05, 0) is 30.5 Å². The summed E-state index contributed by atoms with van der Waals surface area (Å²) < 4.78 is 5.30. The maximum absolute atomic E-state index is 11.8. The standard InChI is InChI=1S/C16H17NO3/c18-15(19)16(7-2-1-3-8-16)13-6-4-5-12(11-13)14-17-9-10-20-14/h4-6,9-11H,1-3,7-8H2,(H,18,19). The minimum Gasteiger partial charge on any atom is -0.481 e. The van der Waals surface area contributed by atoms with E-state index in [0.717, 1.165) is 30.4 Å². The van der Waals surface area contributed by atoms with Gasteiger partial charge in [-0.3, -0.25) is 4.79 Å². The van der Waals surface area contributed by atoms with Gasteiger partial charge in [0, 0.05) is 5.56 Å². The van der Waals surface area contributed by atoms with Crippen LogP contribution in [0.5, 0.6) is 0 Å². The largest absolute Gasteiger partial charge is 0.481 e. The van der Waals surface area contributed by atoms with Crippen LogP contribution in [0.15, 0.2) is 41.1 Å². The topological polar surface area (TPSA) is 63.3 Å². The van der Waals surface area contributed by atoms with Crippen LogP contribution in [0, 0.1) is 0 Å². The molecule has 3 rings (SSSR count). The Morgan fingerprint density at radius 2 is 2.05 bits per heavy atom. The molecule has 0 bridgehead atoms. The quantitative estimate of drug-likeness (QED) is 0.925. The van der Waals surface area contributed by atoms with Crippen molar-refractivity contribution in [2.24, 2.45) is 0 Å². The van der Waals surface area contributed by atoms with Gasteiger partial charge in [-0.1, -0.05) is 31.4 Å². The van der Waals surface area contributed by atoms with Gasteiger partial charge in [0.25, 0.3) is 0 Å². The van der Waals surface area contributed by atoms with Crippen LogP contribution in [0.25, 0.3) is 11.5 Å². The summed E-state index contributed by atoms with van der Waals surface area (Å²) in [6.45, 7) is 0. The molecule has 20 heavy (non-hydrogen) atoms. The van der Waals surface area contributed by atoms with Gasteiger partial charge in [0.05, 0.1) is 11.6 Å². The van der Waals surface area contributed by atoms with Crippen molar-refractivity contribution in [2.45, 2.75) is 37.5 Å². The number of aromatic nitrogens is 1. The van der Waals surface area contributed by atoms with Crippen LogP contribution in [0.4, 0.5) is 0 Å². The Morgan fingerprint density at radius 1 is 1.25 bits per heavy atom. The number of carboxylic acid groups (broad SMARTS) is 1. The van der Waals surface area contributed by atoms with E-state index in [2.05, 4.69) is 4.98 Å². The molecule has 1 saturated carbocycles. The van der Waals surface area contributed by atoms with E-state index < -0.39 is 11.4 Å². The van der Waals surface area contributed by atoms with Crippen molar-refractivity contribution in [3.05, 3.63) is 42.3 Å². The van der Waals surface area contributed by atoms with E-state index in [1.165, 1.54) is 6.26 Å². The molecule has 0 atom stereocenters. The third-order valence-electron chi connectivity index (χ3n) is 4.21. The Hall–Kier alpha value is -2.10. The summed E-state index contributed by atoms with van der Waals surface area (Å²) in [4.78, 5) is 16.0. The molecule has 1 N–H and O–H groups in total. The smallest absolute Gasteiger partial charge is 0.314 e. The van der Waals surface area contributed by atoms with E-state index in [4.69, 9.17) is 4.42 Å². The van der Waals surface area contributed by atoms with Gasteiger partial charge >= 0.3 is 5.97 Å². The highest BCUT2D eigenvalue weighted by molar-refractivity contribution is 5.82. The molecular weight excluding hydrogens is 254 g/mol. The lowest BCUT2D eigenvalue weighted by Crippen LogP contribution is -2.37. The van der Waals surface area contributed by atoms with Crippen LogP contribution in [-0.4, -0.2) is 16.1 Å². The fraction of sp³-hybridized carbons (Fsp3) is 0.375. The van der Waals surface area contributed by atoms with Gasteiger partial charge in [0.1, 0.15) is 6.26 Å². The predicted molar refractivity (Wildman–Crippen MR) is 74.3 cm³/mol. The van der Waals surface area contributed by atoms with E-state index in [0.29, 0.717) is 18.7 Å². The fourth-order valence-corrected chi connectivity index (χ4v) is 3.10. The highest BCUT2D eigenvalue weighted by atomic mass is 16.4. The van der Waals surface area contributed by atoms with Crippen LogP contribution in [0.2, 0.25) is 0 Å². The molecule has 0 unspecified atom stereocenters. The molecule has 0 aliphatic heterocycles. The molecule has 0 spiro atoms. The molecule has 1 aromatic heterocycles. The molecule has 4 nitrogen and oxygen atoms in total. The Labute approximate surface area is 117 Å². The maximum atomic E-state index is 11.8. The molecule has 104 valence electrons. The number of carboxylic acids is 1. The highest BCUT2D eigenvalue weighted by Crippen LogP contribution is 2.40. The van der Waals surface area contributed by atoms with Crippen molar-refractivity contribution in [3.8, 4) is 11.5 Å². The minimum absolute atomic E-state index is 0.531. The summed E-state index contributed by atoms with van der Waals surface area (Å²) in [5, 5.41) is 9.72. The summed E-state index contributed by atoms with van der Waals surface area (Å²) in [5.74, 6) is -0.190. The summed E-state index contributed by atoms with van der Waals surface area (Å²) in [7, 11) is 0.